The third-order valence-corrected chi connectivity index (χ3v) is 3.14. The van der Waals surface area contributed by atoms with E-state index in [0.717, 1.165) is 12.2 Å². The Kier molecular flexibility index (Phi) is 4.47. The molecule has 0 fully saturated rings. The van der Waals surface area contributed by atoms with Gasteiger partial charge in [-0.05, 0) is 36.1 Å². The molecule has 2 aromatic rings. The van der Waals surface area contributed by atoms with Gasteiger partial charge in [0.2, 0.25) is 5.88 Å². The number of nitrogens with zero attached hydrogens (tertiary/aromatic N) is 2. The van der Waals surface area contributed by atoms with Gasteiger partial charge >= 0.3 is 0 Å². The van der Waals surface area contributed by atoms with Crippen molar-refractivity contribution in [1.82, 2.24) is 10.2 Å². The van der Waals surface area contributed by atoms with Crippen LogP contribution in [0.15, 0.2) is 36.4 Å². The Morgan fingerprint density at radius 1 is 1.11 bits per heavy atom. The normalized spacial score (nSPS) is 12.2. The fourth-order valence-electron chi connectivity index (χ4n) is 1.71. The zero-order valence-corrected chi connectivity index (χ0v) is 11.2. The summed E-state index contributed by atoms with van der Waals surface area (Å²) in [7, 11) is 0. The highest BCUT2D eigenvalue weighted by Gasteiger charge is 2.04. The van der Waals surface area contributed by atoms with Crippen molar-refractivity contribution < 1.29 is 9.84 Å². The summed E-state index contributed by atoms with van der Waals surface area (Å²) in [5.41, 5.74) is 1.83. The van der Waals surface area contributed by atoms with Crippen LogP contribution in [0.3, 0.4) is 0 Å². The van der Waals surface area contributed by atoms with Crippen LogP contribution >= 0.6 is 0 Å². The van der Waals surface area contributed by atoms with Gasteiger partial charge in [0.15, 0.2) is 0 Å². The van der Waals surface area contributed by atoms with Crippen molar-refractivity contribution in [2.45, 2.75) is 32.8 Å². The van der Waals surface area contributed by atoms with E-state index in [1.807, 2.05) is 12.1 Å². The minimum absolute atomic E-state index is 0.114. The highest BCUT2D eigenvalue weighted by atomic mass is 16.5. The Morgan fingerprint density at radius 3 is 2.37 bits per heavy atom. The fourth-order valence-corrected chi connectivity index (χ4v) is 1.71. The summed E-state index contributed by atoms with van der Waals surface area (Å²) >= 11 is 0. The molecule has 1 atom stereocenters. The number of aliphatic hydroxyl groups is 1. The third-order valence-electron chi connectivity index (χ3n) is 3.14. The van der Waals surface area contributed by atoms with Crippen molar-refractivity contribution in [2.75, 3.05) is 0 Å². The van der Waals surface area contributed by atoms with E-state index < -0.39 is 0 Å². The molecule has 4 heteroatoms. The summed E-state index contributed by atoms with van der Waals surface area (Å²) in [5, 5.41) is 16.6. The van der Waals surface area contributed by atoms with Crippen molar-refractivity contribution in [1.29, 1.82) is 0 Å². The van der Waals surface area contributed by atoms with Crippen molar-refractivity contribution in [3.63, 3.8) is 0 Å². The molecular weight excluding hydrogens is 240 g/mol. The molecule has 1 aromatic carbocycles. The van der Waals surface area contributed by atoms with Crippen LogP contribution in [-0.4, -0.2) is 15.3 Å². The zero-order valence-electron chi connectivity index (χ0n) is 11.2. The predicted octanol–water partition coefficient (Wildman–Crippen LogP) is 3.27. The van der Waals surface area contributed by atoms with Crippen LogP contribution < -0.4 is 4.74 Å². The van der Waals surface area contributed by atoms with Crippen LogP contribution in [-0.2, 0) is 6.61 Å². The summed E-state index contributed by atoms with van der Waals surface area (Å²) in [6.07, 6.45) is 1.12. The molecule has 19 heavy (non-hydrogen) atoms. The van der Waals surface area contributed by atoms with Crippen LogP contribution in [0.2, 0.25) is 0 Å². The number of aromatic nitrogens is 2. The molecule has 100 valence electrons. The molecule has 0 aliphatic carbocycles. The van der Waals surface area contributed by atoms with Gasteiger partial charge < -0.3 is 9.84 Å². The first-order valence-electron chi connectivity index (χ1n) is 6.44. The predicted molar refractivity (Wildman–Crippen MR) is 73.2 cm³/mol. The van der Waals surface area contributed by atoms with E-state index >= 15 is 0 Å². The average molecular weight is 258 g/mol. The lowest BCUT2D eigenvalue weighted by Crippen LogP contribution is -1.95. The summed E-state index contributed by atoms with van der Waals surface area (Å²) in [4.78, 5) is 0. The summed E-state index contributed by atoms with van der Waals surface area (Å²) < 4.78 is 5.59. The van der Waals surface area contributed by atoms with Crippen molar-refractivity contribution in [3.05, 3.63) is 47.7 Å². The number of ether oxygens (including phenoxy) is 1. The van der Waals surface area contributed by atoms with Crippen molar-refractivity contribution in [3.8, 4) is 11.6 Å². The molecule has 0 amide bonds. The second-order valence-electron chi connectivity index (χ2n) is 4.50. The Hall–Kier alpha value is -1.94. The second kappa shape index (κ2) is 6.29. The Labute approximate surface area is 113 Å². The van der Waals surface area contributed by atoms with Gasteiger partial charge in [0.25, 0.3) is 0 Å². The van der Waals surface area contributed by atoms with Gasteiger partial charge in [-0.15, -0.1) is 10.2 Å². The lowest BCUT2D eigenvalue weighted by molar-refractivity contribution is 0.274. The third kappa shape index (κ3) is 3.51. The minimum Gasteiger partial charge on any atom is -0.438 e. The maximum Gasteiger partial charge on any atom is 0.238 e. The van der Waals surface area contributed by atoms with Crippen LogP contribution in [0, 0.1) is 0 Å². The monoisotopic (exact) mass is 258 g/mol. The summed E-state index contributed by atoms with van der Waals surface area (Å²) in [6.45, 7) is 4.26. The molecule has 1 N–H and O–H groups in total. The van der Waals surface area contributed by atoms with E-state index in [1.54, 1.807) is 12.1 Å². The molecule has 4 nitrogen and oxygen atoms in total. The maximum atomic E-state index is 8.88. The quantitative estimate of drug-likeness (QED) is 0.894. The molecule has 0 saturated carbocycles. The molecule has 0 aliphatic rings. The smallest absolute Gasteiger partial charge is 0.238 e. The first-order valence-corrected chi connectivity index (χ1v) is 6.44. The van der Waals surface area contributed by atoms with E-state index in [-0.39, 0.29) is 6.61 Å². The van der Waals surface area contributed by atoms with Gasteiger partial charge in [-0.3, -0.25) is 0 Å². The first kappa shape index (κ1) is 13.5. The summed E-state index contributed by atoms with van der Waals surface area (Å²) in [5.74, 6) is 1.71. The summed E-state index contributed by atoms with van der Waals surface area (Å²) in [6, 6.07) is 11.4. The number of benzene rings is 1. The van der Waals surface area contributed by atoms with E-state index in [2.05, 4.69) is 36.2 Å². The molecule has 1 aromatic heterocycles. The van der Waals surface area contributed by atoms with E-state index in [1.165, 1.54) is 5.56 Å². The van der Waals surface area contributed by atoms with Crippen molar-refractivity contribution in [2.24, 2.45) is 0 Å². The molecule has 0 bridgehead atoms. The van der Waals surface area contributed by atoms with Gasteiger partial charge in [-0.25, -0.2) is 0 Å². The van der Waals surface area contributed by atoms with Gasteiger partial charge in [0.1, 0.15) is 5.75 Å². The van der Waals surface area contributed by atoms with Crippen molar-refractivity contribution >= 4 is 0 Å². The molecular formula is C15H18N2O2. The number of aliphatic hydroxyl groups excluding tert-OH is 1. The Balaban J connectivity index is 2.06. The van der Waals surface area contributed by atoms with Crippen LogP contribution in [0.4, 0.5) is 0 Å². The maximum absolute atomic E-state index is 8.88. The van der Waals surface area contributed by atoms with Gasteiger partial charge in [-0.1, -0.05) is 26.0 Å². The van der Waals surface area contributed by atoms with Crippen LogP contribution in [0.1, 0.15) is 37.4 Å². The molecule has 2 rings (SSSR count). The highest BCUT2D eigenvalue weighted by Crippen LogP contribution is 2.24. The Bertz CT molecular complexity index is 509. The SMILES string of the molecule is CCC(C)c1ccc(Oc2ccc(CO)nn2)cc1. The molecule has 0 saturated heterocycles. The highest BCUT2D eigenvalue weighted by molar-refractivity contribution is 5.31. The van der Waals surface area contributed by atoms with E-state index in [4.69, 9.17) is 9.84 Å². The minimum atomic E-state index is -0.114. The van der Waals surface area contributed by atoms with Gasteiger partial charge in [-0.2, -0.15) is 0 Å². The Morgan fingerprint density at radius 2 is 1.84 bits per heavy atom. The van der Waals surface area contributed by atoms with Gasteiger partial charge in [0, 0.05) is 6.07 Å². The standard InChI is InChI=1S/C15H18N2O2/c1-3-11(2)12-4-7-14(8-5-12)19-15-9-6-13(10-18)16-17-15/h4-9,11,18H,3,10H2,1-2H3. The molecule has 0 spiro atoms. The number of hydrogen-bond donors (Lipinski definition) is 1. The van der Waals surface area contributed by atoms with E-state index in [9.17, 15) is 0 Å². The average Bonchev–Trinajstić information content (AvgIpc) is 2.48. The topological polar surface area (TPSA) is 55.2 Å². The fraction of sp³-hybridized carbons (Fsp3) is 0.333. The van der Waals surface area contributed by atoms with Gasteiger partial charge in [0.05, 0.1) is 12.3 Å². The first-order chi connectivity index (χ1) is 9.22. The lowest BCUT2D eigenvalue weighted by Gasteiger charge is -2.10. The molecule has 0 radical (unpaired) electrons. The molecule has 1 heterocycles. The largest absolute Gasteiger partial charge is 0.438 e. The second-order valence-corrected chi connectivity index (χ2v) is 4.50. The van der Waals surface area contributed by atoms with E-state index in [0.29, 0.717) is 17.5 Å². The number of hydrogen-bond acceptors (Lipinski definition) is 4. The number of rotatable bonds is 5. The van der Waals surface area contributed by atoms with Crippen LogP contribution in [0.5, 0.6) is 11.6 Å². The van der Waals surface area contributed by atoms with Crippen LogP contribution in [0.25, 0.3) is 0 Å². The molecule has 0 aliphatic heterocycles. The zero-order chi connectivity index (χ0) is 13.7. The lowest BCUT2D eigenvalue weighted by atomic mass is 9.99. The molecule has 1 unspecified atom stereocenters.